The van der Waals surface area contributed by atoms with Crippen LogP contribution in [0.4, 0.5) is 8.78 Å². The van der Waals surface area contributed by atoms with Gasteiger partial charge in [0, 0.05) is 13.1 Å². The van der Waals surface area contributed by atoms with Crippen LogP contribution in [0.3, 0.4) is 0 Å². The molecule has 0 N–H and O–H groups in total. The number of halogens is 2. The molecule has 1 amide bonds. The van der Waals surface area contributed by atoms with E-state index in [0.29, 0.717) is 6.54 Å². The van der Waals surface area contributed by atoms with Gasteiger partial charge in [0.15, 0.2) is 0 Å². The second-order valence-electron chi connectivity index (χ2n) is 7.58. The summed E-state index contributed by atoms with van der Waals surface area (Å²) in [6, 6.07) is 10.9. The minimum Gasteiger partial charge on any atom is -0.331 e. The van der Waals surface area contributed by atoms with E-state index in [2.05, 4.69) is 18.4 Å². The third-order valence-electron chi connectivity index (χ3n) is 5.28. The van der Waals surface area contributed by atoms with Gasteiger partial charge in [-0.25, -0.2) is 13.8 Å². The number of hydrogen-bond acceptors (Lipinski definition) is 2. The molecule has 3 rings (SSSR count). The molecule has 0 unspecified atom stereocenters. The van der Waals surface area contributed by atoms with Crippen LogP contribution in [0.25, 0.3) is 11.0 Å². The monoisotopic (exact) mass is 413 g/mol. The van der Waals surface area contributed by atoms with Crippen LogP contribution in [-0.4, -0.2) is 26.9 Å². The van der Waals surface area contributed by atoms with Gasteiger partial charge in [0.1, 0.15) is 17.5 Å². The van der Waals surface area contributed by atoms with Gasteiger partial charge in [-0.2, -0.15) is 0 Å². The van der Waals surface area contributed by atoms with Crippen LogP contribution in [-0.2, 0) is 13.1 Å². The first-order valence-corrected chi connectivity index (χ1v) is 10.7. The molecule has 0 spiro atoms. The van der Waals surface area contributed by atoms with Crippen molar-refractivity contribution in [2.24, 2.45) is 0 Å². The van der Waals surface area contributed by atoms with Crippen LogP contribution in [0.1, 0.15) is 62.1 Å². The molecule has 0 saturated heterocycles. The van der Waals surface area contributed by atoms with Crippen molar-refractivity contribution in [1.82, 2.24) is 14.5 Å². The normalized spacial score (nSPS) is 11.2. The van der Waals surface area contributed by atoms with Crippen LogP contribution < -0.4 is 0 Å². The lowest BCUT2D eigenvalue weighted by molar-refractivity contribution is 0.0728. The summed E-state index contributed by atoms with van der Waals surface area (Å²) in [6.45, 7) is 5.75. The van der Waals surface area contributed by atoms with E-state index < -0.39 is 17.5 Å². The summed E-state index contributed by atoms with van der Waals surface area (Å²) in [5.41, 5.74) is 1.67. The largest absolute Gasteiger partial charge is 0.331 e. The molecule has 1 heterocycles. The molecular formula is C24H29F2N3O. The SMILES string of the molecule is CCCCCN(Cc1nc2ccccc2n1CCCC)C(=O)c1cc(F)ccc1F. The lowest BCUT2D eigenvalue weighted by atomic mass is 10.1. The van der Waals surface area contributed by atoms with E-state index in [1.54, 1.807) is 4.90 Å². The average Bonchev–Trinajstić information content (AvgIpc) is 3.10. The fraction of sp³-hybridized carbons (Fsp3) is 0.417. The molecule has 0 bridgehead atoms. The quantitative estimate of drug-likeness (QED) is 0.385. The fourth-order valence-corrected chi connectivity index (χ4v) is 3.62. The highest BCUT2D eigenvalue weighted by atomic mass is 19.1. The van der Waals surface area contributed by atoms with E-state index in [9.17, 15) is 13.6 Å². The van der Waals surface area contributed by atoms with Gasteiger partial charge in [-0.1, -0.05) is 45.2 Å². The molecule has 0 radical (unpaired) electrons. The number of benzene rings is 2. The fourth-order valence-electron chi connectivity index (χ4n) is 3.62. The Morgan fingerprint density at radius 1 is 1.03 bits per heavy atom. The van der Waals surface area contributed by atoms with Crippen molar-refractivity contribution >= 4 is 16.9 Å². The van der Waals surface area contributed by atoms with E-state index in [4.69, 9.17) is 4.98 Å². The van der Waals surface area contributed by atoms with Crippen molar-refractivity contribution in [2.75, 3.05) is 6.54 Å². The van der Waals surface area contributed by atoms with Crippen LogP contribution >= 0.6 is 0 Å². The van der Waals surface area contributed by atoms with Crippen LogP contribution in [0.2, 0.25) is 0 Å². The third-order valence-corrected chi connectivity index (χ3v) is 5.28. The van der Waals surface area contributed by atoms with Crippen molar-refractivity contribution in [2.45, 2.75) is 59.0 Å². The van der Waals surface area contributed by atoms with Crippen molar-refractivity contribution in [3.63, 3.8) is 0 Å². The Kier molecular flexibility index (Phi) is 7.55. The Morgan fingerprint density at radius 3 is 2.57 bits per heavy atom. The summed E-state index contributed by atoms with van der Waals surface area (Å²) in [5, 5.41) is 0. The molecule has 30 heavy (non-hydrogen) atoms. The maximum absolute atomic E-state index is 14.3. The number of nitrogens with zero attached hydrogens (tertiary/aromatic N) is 3. The second kappa shape index (κ2) is 10.3. The predicted octanol–water partition coefficient (Wildman–Crippen LogP) is 5.95. The Bertz CT molecular complexity index is 999. The topological polar surface area (TPSA) is 38.1 Å². The Labute approximate surface area is 176 Å². The van der Waals surface area contributed by atoms with Gasteiger partial charge < -0.3 is 9.47 Å². The number of unbranched alkanes of at least 4 members (excludes halogenated alkanes) is 3. The molecule has 0 fully saturated rings. The van der Waals surface area contributed by atoms with E-state index >= 15 is 0 Å². The van der Waals surface area contributed by atoms with E-state index in [1.165, 1.54) is 0 Å². The minimum absolute atomic E-state index is 0.234. The Morgan fingerprint density at radius 2 is 1.80 bits per heavy atom. The zero-order chi connectivity index (χ0) is 21.5. The van der Waals surface area contributed by atoms with E-state index in [0.717, 1.165) is 73.7 Å². The maximum atomic E-state index is 14.3. The average molecular weight is 414 g/mol. The molecule has 0 saturated carbocycles. The van der Waals surface area contributed by atoms with Crippen LogP contribution in [0.15, 0.2) is 42.5 Å². The summed E-state index contributed by atoms with van der Waals surface area (Å²) in [5.74, 6) is -1.06. The lowest BCUT2D eigenvalue weighted by Crippen LogP contribution is -2.33. The number of imidazole rings is 1. The van der Waals surface area contributed by atoms with Crippen molar-refractivity contribution in [1.29, 1.82) is 0 Å². The molecule has 1 aromatic heterocycles. The molecule has 0 aliphatic heterocycles. The van der Waals surface area contributed by atoms with Gasteiger partial charge in [0.25, 0.3) is 5.91 Å². The van der Waals surface area contributed by atoms with Gasteiger partial charge in [-0.15, -0.1) is 0 Å². The van der Waals surface area contributed by atoms with Crippen LogP contribution in [0, 0.1) is 11.6 Å². The molecule has 0 atom stereocenters. The Hall–Kier alpha value is -2.76. The number of hydrogen-bond donors (Lipinski definition) is 0. The number of carbonyl (C=O) groups is 1. The highest BCUT2D eigenvalue weighted by Gasteiger charge is 2.22. The number of fused-ring (bicyclic) bond motifs is 1. The molecule has 4 nitrogen and oxygen atoms in total. The van der Waals surface area contributed by atoms with Crippen molar-refractivity contribution in [3.8, 4) is 0 Å². The van der Waals surface area contributed by atoms with Crippen molar-refractivity contribution < 1.29 is 13.6 Å². The van der Waals surface area contributed by atoms with Gasteiger partial charge >= 0.3 is 0 Å². The number of aromatic nitrogens is 2. The van der Waals surface area contributed by atoms with Crippen LogP contribution in [0.5, 0.6) is 0 Å². The molecule has 6 heteroatoms. The predicted molar refractivity (Wildman–Crippen MR) is 115 cm³/mol. The number of aryl methyl sites for hydroxylation is 1. The number of para-hydroxylation sites is 2. The van der Waals surface area contributed by atoms with Gasteiger partial charge in [-0.3, -0.25) is 4.79 Å². The first-order chi connectivity index (χ1) is 14.5. The first kappa shape index (κ1) is 21.9. The van der Waals surface area contributed by atoms with Gasteiger partial charge in [-0.05, 0) is 43.2 Å². The summed E-state index contributed by atoms with van der Waals surface area (Å²) < 4.78 is 30.1. The first-order valence-electron chi connectivity index (χ1n) is 10.7. The van der Waals surface area contributed by atoms with E-state index in [1.807, 2.05) is 24.3 Å². The van der Waals surface area contributed by atoms with Crippen molar-refractivity contribution in [3.05, 3.63) is 65.5 Å². The molecule has 160 valence electrons. The summed E-state index contributed by atoms with van der Waals surface area (Å²) in [4.78, 5) is 19.5. The zero-order valence-corrected chi connectivity index (χ0v) is 17.7. The molecule has 0 aliphatic carbocycles. The standard InChI is InChI=1S/C24H29F2N3O/c1-3-5-9-14-28(24(30)19-16-18(25)12-13-20(19)26)17-23-27-21-10-7-8-11-22(21)29(23)15-6-4-2/h7-8,10-13,16H,3-6,9,14-15,17H2,1-2H3. The number of rotatable bonds is 10. The zero-order valence-electron chi connectivity index (χ0n) is 17.7. The molecule has 0 aliphatic rings. The third kappa shape index (κ3) is 5.04. The van der Waals surface area contributed by atoms with Gasteiger partial charge in [0.05, 0.1) is 23.1 Å². The number of amides is 1. The summed E-state index contributed by atoms with van der Waals surface area (Å²) in [7, 11) is 0. The molecule has 2 aromatic carbocycles. The second-order valence-corrected chi connectivity index (χ2v) is 7.58. The Balaban J connectivity index is 1.95. The number of carbonyl (C=O) groups excluding carboxylic acids is 1. The molecular weight excluding hydrogens is 384 g/mol. The van der Waals surface area contributed by atoms with E-state index in [-0.39, 0.29) is 12.1 Å². The smallest absolute Gasteiger partial charge is 0.257 e. The lowest BCUT2D eigenvalue weighted by Gasteiger charge is -2.23. The highest BCUT2D eigenvalue weighted by molar-refractivity contribution is 5.94. The summed E-state index contributed by atoms with van der Waals surface area (Å²) in [6.07, 6.45) is 4.80. The maximum Gasteiger partial charge on any atom is 0.257 e. The van der Waals surface area contributed by atoms with Gasteiger partial charge in [0.2, 0.25) is 0 Å². The molecule has 3 aromatic rings. The highest BCUT2D eigenvalue weighted by Crippen LogP contribution is 2.21. The minimum atomic E-state index is -0.707. The summed E-state index contributed by atoms with van der Waals surface area (Å²) >= 11 is 0.